The van der Waals surface area contributed by atoms with Crippen molar-refractivity contribution in [3.8, 4) is 0 Å². The van der Waals surface area contributed by atoms with Crippen molar-refractivity contribution in [3.63, 3.8) is 0 Å². The molecule has 1 atom stereocenters. The van der Waals surface area contributed by atoms with Gasteiger partial charge in [0.1, 0.15) is 6.10 Å². The van der Waals surface area contributed by atoms with Gasteiger partial charge >= 0.3 is 0 Å². The van der Waals surface area contributed by atoms with Crippen LogP contribution in [0.25, 0.3) is 0 Å². The molecule has 2 rings (SSSR count). The van der Waals surface area contributed by atoms with Gasteiger partial charge in [-0.2, -0.15) is 0 Å². The number of imidazole rings is 1. The van der Waals surface area contributed by atoms with Gasteiger partial charge in [0.15, 0.2) is 0 Å². The second-order valence-corrected chi connectivity index (χ2v) is 5.14. The third-order valence-electron chi connectivity index (χ3n) is 3.87. The van der Waals surface area contributed by atoms with Gasteiger partial charge < -0.3 is 15.4 Å². The number of nitrogens with zero attached hydrogens (tertiary/aromatic N) is 2. The molecule has 0 spiro atoms. The minimum atomic E-state index is -0.476. The lowest BCUT2D eigenvalue weighted by molar-refractivity contribution is -0.0346. The van der Waals surface area contributed by atoms with E-state index in [4.69, 9.17) is 5.73 Å². The molecule has 1 heterocycles. The molecule has 0 amide bonds. The van der Waals surface area contributed by atoms with Crippen molar-refractivity contribution >= 4 is 0 Å². The predicted molar refractivity (Wildman–Crippen MR) is 62.9 cm³/mol. The molecule has 4 nitrogen and oxygen atoms in total. The first-order chi connectivity index (χ1) is 7.60. The average molecular weight is 223 g/mol. The summed E-state index contributed by atoms with van der Waals surface area (Å²) in [6.45, 7) is 4.74. The van der Waals surface area contributed by atoms with E-state index in [0.717, 1.165) is 18.5 Å². The first-order valence-corrected chi connectivity index (χ1v) is 6.00. The molecule has 3 N–H and O–H groups in total. The molecule has 0 saturated heterocycles. The molecule has 0 aliphatic heterocycles. The number of rotatable bonds is 4. The van der Waals surface area contributed by atoms with E-state index in [2.05, 4.69) is 18.8 Å². The number of aromatic nitrogens is 2. The number of hydrogen-bond acceptors (Lipinski definition) is 3. The summed E-state index contributed by atoms with van der Waals surface area (Å²) in [7, 11) is 0. The fourth-order valence-corrected chi connectivity index (χ4v) is 2.49. The second-order valence-electron chi connectivity index (χ2n) is 5.14. The Labute approximate surface area is 96.5 Å². The Morgan fingerprint density at radius 1 is 1.56 bits per heavy atom. The van der Waals surface area contributed by atoms with Crippen LogP contribution in [0.1, 0.15) is 50.9 Å². The maximum Gasteiger partial charge on any atom is 0.102 e. The van der Waals surface area contributed by atoms with Crippen LogP contribution < -0.4 is 5.73 Å². The fraction of sp³-hybridized carbons (Fsp3) is 0.750. The van der Waals surface area contributed by atoms with Crippen LogP contribution >= 0.6 is 0 Å². The van der Waals surface area contributed by atoms with Gasteiger partial charge in [-0.15, -0.1) is 0 Å². The van der Waals surface area contributed by atoms with E-state index < -0.39 is 6.10 Å². The Kier molecular flexibility index (Phi) is 3.04. The van der Waals surface area contributed by atoms with Crippen LogP contribution in [0.5, 0.6) is 0 Å². The molecule has 0 aromatic carbocycles. The van der Waals surface area contributed by atoms with Crippen molar-refractivity contribution in [2.45, 2.75) is 45.3 Å². The maximum absolute atomic E-state index is 10.5. The predicted octanol–water partition coefficient (Wildman–Crippen LogP) is 1.63. The van der Waals surface area contributed by atoms with Crippen molar-refractivity contribution in [1.82, 2.24) is 9.55 Å². The summed E-state index contributed by atoms with van der Waals surface area (Å²) in [6.07, 6.45) is 6.29. The van der Waals surface area contributed by atoms with E-state index in [1.807, 2.05) is 4.57 Å². The summed E-state index contributed by atoms with van der Waals surface area (Å²) in [5, 5.41) is 10.5. The third-order valence-corrected chi connectivity index (χ3v) is 3.87. The van der Waals surface area contributed by atoms with Gasteiger partial charge in [-0.3, -0.25) is 0 Å². The Morgan fingerprint density at radius 2 is 2.25 bits per heavy atom. The molecular formula is C12H21N3O. The summed E-state index contributed by atoms with van der Waals surface area (Å²) in [5.41, 5.74) is 6.61. The second kappa shape index (κ2) is 4.18. The molecule has 4 heteroatoms. The van der Waals surface area contributed by atoms with Gasteiger partial charge in [-0.25, -0.2) is 4.98 Å². The quantitative estimate of drug-likeness (QED) is 0.815. The first kappa shape index (κ1) is 11.6. The van der Waals surface area contributed by atoms with Crippen LogP contribution in [0.15, 0.2) is 12.5 Å². The number of aliphatic hydroxyl groups is 1. The van der Waals surface area contributed by atoms with Gasteiger partial charge in [0, 0.05) is 18.0 Å². The van der Waals surface area contributed by atoms with Crippen LogP contribution in [0.2, 0.25) is 0 Å². The lowest BCUT2D eigenvalue weighted by Crippen LogP contribution is -2.43. The monoisotopic (exact) mass is 223 g/mol. The molecule has 1 unspecified atom stereocenters. The lowest BCUT2D eigenvalue weighted by atomic mass is 9.64. The van der Waals surface area contributed by atoms with Crippen molar-refractivity contribution in [3.05, 3.63) is 18.2 Å². The minimum absolute atomic E-state index is 0.104. The largest absolute Gasteiger partial charge is 0.386 e. The Balaban J connectivity index is 2.26. The number of aliphatic hydroxyl groups excluding tert-OH is 1. The lowest BCUT2D eigenvalue weighted by Gasteiger charge is -2.44. The van der Waals surface area contributed by atoms with Crippen LogP contribution in [0.3, 0.4) is 0 Å². The van der Waals surface area contributed by atoms with E-state index in [-0.39, 0.29) is 5.41 Å². The van der Waals surface area contributed by atoms with E-state index >= 15 is 0 Å². The zero-order chi connectivity index (χ0) is 11.8. The molecule has 16 heavy (non-hydrogen) atoms. The van der Waals surface area contributed by atoms with Crippen LogP contribution in [0.4, 0.5) is 0 Å². The fourth-order valence-electron chi connectivity index (χ4n) is 2.49. The van der Waals surface area contributed by atoms with Crippen LogP contribution in [-0.4, -0.2) is 21.2 Å². The van der Waals surface area contributed by atoms with E-state index in [1.54, 1.807) is 12.5 Å². The van der Waals surface area contributed by atoms with E-state index in [9.17, 15) is 5.11 Å². The summed E-state index contributed by atoms with van der Waals surface area (Å²) in [4.78, 5) is 4.13. The van der Waals surface area contributed by atoms with E-state index in [0.29, 0.717) is 12.6 Å². The van der Waals surface area contributed by atoms with Crippen molar-refractivity contribution in [1.29, 1.82) is 0 Å². The molecule has 1 aliphatic carbocycles. The molecule has 1 fully saturated rings. The highest BCUT2D eigenvalue weighted by Gasteiger charge is 2.44. The summed E-state index contributed by atoms with van der Waals surface area (Å²) >= 11 is 0. The molecule has 0 bridgehead atoms. The summed E-state index contributed by atoms with van der Waals surface area (Å²) in [5.74, 6) is 0. The Hall–Kier alpha value is -0.870. The third kappa shape index (κ3) is 1.66. The highest BCUT2D eigenvalue weighted by atomic mass is 16.3. The topological polar surface area (TPSA) is 64.1 Å². The van der Waals surface area contributed by atoms with Gasteiger partial charge in [0.2, 0.25) is 0 Å². The normalized spacial score (nSPS) is 20.8. The molecule has 1 aromatic heterocycles. The molecular weight excluding hydrogens is 202 g/mol. The Morgan fingerprint density at radius 3 is 2.69 bits per heavy atom. The standard InChI is InChI=1S/C12H21N3O/c1-9(2)15-8-14-6-10(15)11(16)12(7-13)4-3-5-12/h6,8-9,11,16H,3-5,7,13H2,1-2H3. The number of nitrogens with two attached hydrogens (primary N) is 1. The smallest absolute Gasteiger partial charge is 0.102 e. The summed E-state index contributed by atoms with van der Waals surface area (Å²) in [6, 6.07) is 0.321. The molecule has 0 radical (unpaired) electrons. The van der Waals surface area contributed by atoms with E-state index in [1.165, 1.54) is 6.42 Å². The molecule has 1 saturated carbocycles. The highest BCUT2D eigenvalue weighted by molar-refractivity contribution is 5.11. The zero-order valence-corrected chi connectivity index (χ0v) is 10.1. The first-order valence-electron chi connectivity index (χ1n) is 6.00. The molecule has 1 aliphatic rings. The molecule has 90 valence electrons. The number of hydrogen-bond donors (Lipinski definition) is 2. The molecule has 1 aromatic rings. The highest BCUT2D eigenvalue weighted by Crippen LogP contribution is 2.49. The Bertz CT molecular complexity index is 349. The van der Waals surface area contributed by atoms with Gasteiger partial charge in [-0.1, -0.05) is 6.42 Å². The SMILES string of the molecule is CC(C)n1cncc1C(O)C1(CN)CCC1. The van der Waals surface area contributed by atoms with Crippen molar-refractivity contribution in [2.75, 3.05) is 6.54 Å². The van der Waals surface area contributed by atoms with Gasteiger partial charge in [-0.05, 0) is 26.7 Å². The zero-order valence-electron chi connectivity index (χ0n) is 10.1. The minimum Gasteiger partial charge on any atom is -0.386 e. The maximum atomic E-state index is 10.5. The van der Waals surface area contributed by atoms with Crippen molar-refractivity contribution < 1.29 is 5.11 Å². The summed E-state index contributed by atoms with van der Waals surface area (Å²) < 4.78 is 2.03. The van der Waals surface area contributed by atoms with Crippen molar-refractivity contribution in [2.24, 2.45) is 11.1 Å². The van der Waals surface area contributed by atoms with Crippen LogP contribution in [0, 0.1) is 5.41 Å². The average Bonchev–Trinajstić information content (AvgIpc) is 2.64. The van der Waals surface area contributed by atoms with Crippen LogP contribution in [-0.2, 0) is 0 Å². The van der Waals surface area contributed by atoms with Gasteiger partial charge in [0.05, 0.1) is 18.2 Å². The van der Waals surface area contributed by atoms with Gasteiger partial charge in [0.25, 0.3) is 0 Å².